The van der Waals surface area contributed by atoms with Crippen LogP contribution >= 0.6 is 11.8 Å². The number of aliphatic hydroxyl groups is 1. The van der Waals surface area contributed by atoms with Crippen molar-refractivity contribution < 1.29 is 5.11 Å². The molecule has 1 heterocycles. The smallest absolute Gasteiger partial charge is 0.126 e. The minimum Gasteiger partial charge on any atom is -0.392 e. The summed E-state index contributed by atoms with van der Waals surface area (Å²) in [7, 11) is 0. The van der Waals surface area contributed by atoms with Gasteiger partial charge in [-0.3, -0.25) is 0 Å². The SMILES string of the molecule is CC(C)CSCC(O)Cc1cccnc1N. The van der Waals surface area contributed by atoms with Gasteiger partial charge in [-0.1, -0.05) is 19.9 Å². The molecule has 1 unspecified atom stereocenters. The lowest BCUT2D eigenvalue weighted by Crippen LogP contribution is -2.15. The van der Waals surface area contributed by atoms with Gasteiger partial charge in [-0.15, -0.1) is 0 Å². The molecular formula is C12H20N2OS. The van der Waals surface area contributed by atoms with Crippen LogP contribution in [0.4, 0.5) is 5.82 Å². The van der Waals surface area contributed by atoms with Crippen LogP contribution < -0.4 is 5.73 Å². The van der Waals surface area contributed by atoms with Gasteiger partial charge in [0, 0.05) is 18.4 Å². The van der Waals surface area contributed by atoms with Crippen molar-refractivity contribution >= 4 is 17.6 Å². The maximum absolute atomic E-state index is 9.84. The van der Waals surface area contributed by atoms with E-state index in [0.29, 0.717) is 18.2 Å². The molecule has 0 spiro atoms. The maximum atomic E-state index is 9.84. The lowest BCUT2D eigenvalue weighted by molar-refractivity contribution is 0.200. The van der Waals surface area contributed by atoms with Crippen molar-refractivity contribution in [1.29, 1.82) is 0 Å². The van der Waals surface area contributed by atoms with Gasteiger partial charge < -0.3 is 10.8 Å². The summed E-state index contributed by atoms with van der Waals surface area (Å²) in [6, 6.07) is 3.76. The van der Waals surface area contributed by atoms with Crippen molar-refractivity contribution in [2.45, 2.75) is 26.4 Å². The van der Waals surface area contributed by atoms with Crippen molar-refractivity contribution in [2.24, 2.45) is 5.92 Å². The summed E-state index contributed by atoms with van der Waals surface area (Å²) >= 11 is 1.78. The number of nitrogens with zero attached hydrogens (tertiary/aromatic N) is 1. The van der Waals surface area contributed by atoms with E-state index in [1.807, 2.05) is 12.1 Å². The summed E-state index contributed by atoms with van der Waals surface area (Å²) in [5, 5.41) is 9.84. The molecule has 1 aromatic rings. The standard InChI is InChI=1S/C12H20N2OS/c1-9(2)7-16-8-11(15)6-10-4-3-5-14-12(10)13/h3-5,9,11,15H,6-8H2,1-2H3,(H2,13,14). The molecule has 0 saturated carbocycles. The second-order valence-electron chi connectivity index (χ2n) is 4.34. The molecule has 1 atom stereocenters. The average Bonchev–Trinajstić information content (AvgIpc) is 2.21. The number of aliphatic hydroxyl groups excluding tert-OH is 1. The normalized spacial score (nSPS) is 13.0. The van der Waals surface area contributed by atoms with Crippen molar-refractivity contribution in [3.8, 4) is 0 Å². The molecule has 0 saturated heterocycles. The van der Waals surface area contributed by atoms with Crippen LogP contribution in [0.3, 0.4) is 0 Å². The topological polar surface area (TPSA) is 59.1 Å². The van der Waals surface area contributed by atoms with E-state index in [2.05, 4.69) is 18.8 Å². The molecule has 0 amide bonds. The van der Waals surface area contributed by atoms with Gasteiger partial charge in [0.25, 0.3) is 0 Å². The molecule has 16 heavy (non-hydrogen) atoms. The van der Waals surface area contributed by atoms with Crippen molar-refractivity contribution in [2.75, 3.05) is 17.2 Å². The van der Waals surface area contributed by atoms with Crippen molar-refractivity contribution in [3.63, 3.8) is 0 Å². The summed E-state index contributed by atoms with van der Waals surface area (Å²) in [6.07, 6.45) is 1.92. The summed E-state index contributed by atoms with van der Waals surface area (Å²) in [5.74, 6) is 3.03. The Morgan fingerprint density at radius 2 is 2.19 bits per heavy atom. The lowest BCUT2D eigenvalue weighted by atomic mass is 10.1. The van der Waals surface area contributed by atoms with Crippen molar-refractivity contribution in [1.82, 2.24) is 4.98 Å². The number of anilines is 1. The van der Waals surface area contributed by atoms with Gasteiger partial charge in [0.15, 0.2) is 0 Å². The number of nitrogens with two attached hydrogens (primary N) is 1. The van der Waals surface area contributed by atoms with E-state index in [1.165, 1.54) is 0 Å². The average molecular weight is 240 g/mol. The van der Waals surface area contributed by atoms with Gasteiger partial charge >= 0.3 is 0 Å². The predicted octanol–water partition coefficient (Wildman–Crippen LogP) is 1.96. The zero-order chi connectivity index (χ0) is 12.0. The van der Waals surface area contributed by atoms with Gasteiger partial charge in [-0.05, 0) is 23.3 Å². The summed E-state index contributed by atoms with van der Waals surface area (Å²) in [5.41, 5.74) is 6.65. The quantitative estimate of drug-likeness (QED) is 0.798. The van der Waals surface area contributed by atoms with E-state index in [9.17, 15) is 5.11 Å². The minimum atomic E-state index is -0.338. The summed E-state index contributed by atoms with van der Waals surface area (Å²) in [6.45, 7) is 4.36. The first-order valence-electron chi connectivity index (χ1n) is 5.54. The van der Waals surface area contributed by atoms with E-state index < -0.39 is 0 Å². The number of aromatic nitrogens is 1. The van der Waals surface area contributed by atoms with E-state index in [4.69, 9.17) is 5.73 Å². The molecule has 0 aliphatic rings. The fraction of sp³-hybridized carbons (Fsp3) is 0.583. The molecule has 0 aromatic carbocycles. The van der Waals surface area contributed by atoms with Gasteiger partial charge in [-0.2, -0.15) is 11.8 Å². The van der Waals surface area contributed by atoms with Crippen LogP contribution in [0.15, 0.2) is 18.3 Å². The second kappa shape index (κ2) is 6.76. The number of thioether (sulfide) groups is 1. The Labute approximate surface area is 101 Å². The second-order valence-corrected chi connectivity index (χ2v) is 5.41. The molecule has 0 bridgehead atoms. The Hall–Kier alpha value is -0.740. The molecule has 0 fully saturated rings. The highest BCUT2D eigenvalue weighted by molar-refractivity contribution is 7.99. The molecule has 0 aliphatic heterocycles. The highest BCUT2D eigenvalue weighted by Gasteiger charge is 2.08. The van der Waals surface area contributed by atoms with Crippen LogP contribution in [-0.4, -0.2) is 27.7 Å². The maximum Gasteiger partial charge on any atom is 0.126 e. The third-order valence-corrected chi connectivity index (χ3v) is 3.67. The summed E-state index contributed by atoms with van der Waals surface area (Å²) in [4.78, 5) is 4.00. The zero-order valence-corrected chi connectivity index (χ0v) is 10.7. The third kappa shape index (κ3) is 4.86. The molecule has 4 heteroatoms. The molecule has 1 rings (SSSR count). The Morgan fingerprint density at radius 3 is 2.81 bits per heavy atom. The van der Waals surface area contributed by atoms with Crippen LogP contribution in [0.2, 0.25) is 0 Å². The fourth-order valence-electron chi connectivity index (χ4n) is 1.38. The fourth-order valence-corrected chi connectivity index (χ4v) is 2.37. The van der Waals surface area contributed by atoms with E-state index in [1.54, 1.807) is 18.0 Å². The molecule has 3 N–H and O–H groups in total. The first-order valence-corrected chi connectivity index (χ1v) is 6.70. The number of nitrogen functional groups attached to an aromatic ring is 1. The Bertz CT molecular complexity index is 318. The number of hydrogen-bond donors (Lipinski definition) is 2. The zero-order valence-electron chi connectivity index (χ0n) is 9.89. The van der Waals surface area contributed by atoms with Gasteiger partial charge in [0.2, 0.25) is 0 Å². The Morgan fingerprint density at radius 1 is 1.44 bits per heavy atom. The van der Waals surface area contributed by atoms with Gasteiger partial charge in [0.05, 0.1) is 6.10 Å². The highest BCUT2D eigenvalue weighted by atomic mass is 32.2. The van der Waals surface area contributed by atoms with Crippen LogP contribution in [0, 0.1) is 5.92 Å². The van der Waals surface area contributed by atoms with Crippen LogP contribution in [0.5, 0.6) is 0 Å². The van der Waals surface area contributed by atoms with E-state index in [0.717, 1.165) is 17.1 Å². The summed E-state index contributed by atoms with van der Waals surface area (Å²) < 4.78 is 0. The van der Waals surface area contributed by atoms with Crippen LogP contribution in [0.25, 0.3) is 0 Å². The van der Waals surface area contributed by atoms with Gasteiger partial charge in [0.1, 0.15) is 5.82 Å². The van der Waals surface area contributed by atoms with Crippen LogP contribution in [0.1, 0.15) is 19.4 Å². The first kappa shape index (κ1) is 13.3. The largest absolute Gasteiger partial charge is 0.392 e. The molecular weight excluding hydrogens is 220 g/mol. The van der Waals surface area contributed by atoms with Crippen LogP contribution in [-0.2, 0) is 6.42 Å². The third-order valence-electron chi connectivity index (χ3n) is 2.14. The predicted molar refractivity (Wildman–Crippen MR) is 70.5 cm³/mol. The Kier molecular flexibility index (Phi) is 5.63. The monoisotopic (exact) mass is 240 g/mol. The number of hydrogen-bond acceptors (Lipinski definition) is 4. The van der Waals surface area contributed by atoms with E-state index in [-0.39, 0.29) is 6.10 Å². The molecule has 0 aliphatic carbocycles. The number of pyridine rings is 1. The van der Waals surface area contributed by atoms with E-state index >= 15 is 0 Å². The Balaban J connectivity index is 2.34. The lowest BCUT2D eigenvalue weighted by Gasteiger charge is -2.12. The number of rotatable bonds is 6. The molecule has 0 radical (unpaired) electrons. The molecule has 3 nitrogen and oxygen atoms in total. The minimum absolute atomic E-state index is 0.338. The van der Waals surface area contributed by atoms with Crippen molar-refractivity contribution in [3.05, 3.63) is 23.9 Å². The highest BCUT2D eigenvalue weighted by Crippen LogP contribution is 2.14. The first-order chi connectivity index (χ1) is 7.59. The molecule has 90 valence electrons. The molecule has 1 aromatic heterocycles. The van der Waals surface area contributed by atoms with Gasteiger partial charge in [-0.25, -0.2) is 4.98 Å².